The van der Waals surface area contributed by atoms with Crippen molar-refractivity contribution < 1.29 is 9.21 Å². The molecule has 0 unspecified atom stereocenters. The Balaban J connectivity index is 1.47. The summed E-state index contributed by atoms with van der Waals surface area (Å²) >= 11 is 1.64. The highest BCUT2D eigenvalue weighted by Gasteiger charge is 2.20. The Bertz CT molecular complexity index is 956. The van der Waals surface area contributed by atoms with E-state index >= 15 is 0 Å². The molecule has 6 nitrogen and oxygen atoms in total. The lowest BCUT2D eigenvalue weighted by molar-refractivity contribution is -0.121. The monoisotopic (exact) mass is 357 g/mol. The molecule has 7 heteroatoms. The number of nitrogens with one attached hydrogen (secondary N) is 1. The molecule has 0 fully saturated rings. The van der Waals surface area contributed by atoms with Crippen molar-refractivity contribution in [2.45, 2.75) is 45.2 Å². The number of thiophene rings is 1. The van der Waals surface area contributed by atoms with Crippen LogP contribution in [-0.2, 0) is 30.7 Å². The zero-order valence-corrected chi connectivity index (χ0v) is 14.6. The minimum atomic E-state index is -0.0967. The second kappa shape index (κ2) is 6.84. The molecule has 1 amide bonds. The van der Waals surface area contributed by atoms with Gasteiger partial charge in [0.15, 0.2) is 0 Å². The van der Waals surface area contributed by atoms with E-state index in [9.17, 15) is 9.59 Å². The molecule has 1 N–H and O–H groups in total. The third kappa shape index (κ3) is 3.24. The number of fused-ring (bicyclic) bond motifs is 3. The smallest absolute Gasteiger partial charge is 0.262 e. The van der Waals surface area contributed by atoms with Gasteiger partial charge in [0, 0.05) is 30.0 Å². The van der Waals surface area contributed by atoms with E-state index in [1.807, 2.05) is 6.07 Å². The number of amides is 1. The molecule has 0 bridgehead atoms. The molecule has 3 heterocycles. The van der Waals surface area contributed by atoms with E-state index in [1.165, 1.54) is 16.9 Å². The summed E-state index contributed by atoms with van der Waals surface area (Å²) in [4.78, 5) is 31.4. The van der Waals surface area contributed by atoms with Crippen LogP contribution in [0.25, 0.3) is 10.2 Å². The highest BCUT2D eigenvalue weighted by atomic mass is 32.1. The quantitative estimate of drug-likeness (QED) is 0.761. The minimum absolute atomic E-state index is 0.0213. The molecular formula is C18H19N3O3S. The van der Waals surface area contributed by atoms with Crippen LogP contribution in [0.1, 0.15) is 35.3 Å². The zero-order valence-electron chi connectivity index (χ0n) is 13.8. The van der Waals surface area contributed by atoms with Crippen molar-refractivity contribution in [3.63, 3.8) is 0 Å². The van der Waals surface area contributed by atoms with Crippen LogP contribution >= 0.6 is 11.3 Å². The second-order valence-corrected chi connectivity index (χ2v) is 7.38. The molecule has 0 aliphatic heterocycles. The third-order valence-corrected chi connectivity index (χ3v) is 5.79. The van der Waals surface area contributed by atoms with Crippen LogP contribution in [0.15, 0.2) is 34.1 Å². The Hall–Kier alpha value is -2.41. The van der Waals surface area contributed by atoms with E-state index in [0.717, 1.165) is 35.0 Å². The molecule has 0 radical (unpaired) electrons. The fourth-order valence-corrected chi connectivity index (χ4v) is 4.46. The number of carbonyl (C=O) groups is 1. The first kappa shape index (κ1) is 16.1. The van der Waals surface area contributed by atoms with Gasteiger partial charge in [-0.15, -0.1) is 11.3 Å². The van der Waals surface area contributed by atoms with E-state index in [0.29, 0.717) is 13.1 Å². The summed E-state index contributed by atoms with van der Waals surface area (Å²) in [5.41, 5.74) is 2.08. The first-order valence-corrected chi connectivity index (χ1v) is 9.31. The van der Waals surface area contributed by atoms with E-state index < -0.39 is 0 Å². The lowest BCUT2D eigenvalue weighted by Crippen LogP contribution is -2.27. The number of furan rings is 1. The standard InChI is InChI=1S/C18H19N3O3S/c22-15(19-9-12-6-8-24-10-12)5-7-21-11-20-17-16(18(21)23)13-3-1-2-4-14(13)25-17/h6,8,10-11H,1-5,7,9H2,(H,19,22). The Morgan fingerprint density at radius 1 is 1.36 bits per heavy atom. The first-order chi connectivity index (χ1) is 12.2. The zero-order chi connectivity index (χ0) is 17.2. The molecule has 4 rings (SSSR count). The van der Waals surface area contributed by atoms with Crippen LogP contribution < -0.4 is 10.9 Å². The maximum atomic E-state index is 12.8. The Morgan fingerprint density at radius 2 is 2.24 bits per heavy atom. The molecule has 0 saturated heterocycles. The SMILES string of the molecule is O=C(CCn1cnc2sc3c(c2c1=O)CCCC3)NCc1ccoc1. The lowest BCUT2D eigenvalue weighted by Gasteiger charge is -2.10. The highest BCUT2D eigenvalue weighted by molar-refractivity contribution is 7.18. The van der Waals surface area contributed by atoms with E-state index in [-0.39, 0.29) is 17.9 Å². The van der Waals surface area contributed by atoms with Gasteiger partial charge in [-0.25, -0.2) is 4.98 Å². The summed E-state index contributed by atoms with van der Waals surface area (Å²) in [7, 11) is 0. The third-order valence-electron chi connectivity index (χ3n) is 4.59. The van der Waals surface area contributed by atoms with Gasteiger partial charge in [-0.05, 0) is 37.3 Å². The molecule has 0 spiro atoms. The molecule has 130 valence electrons. The molecule has 25 heavy (non-hydrogen) atoms. The lowest BCUT2D eigenvalue weighted by atomic mass is 9.97. The van der Waals surface area contributed by atoms with Gasteiger partial charge in [-0.1, -0.05) is 0 Å². The molecule has 0 atom stereocenters. The summed E-state index contributed by atoms with van der Waals surface area (Å²) in [6, 6.07) is 1.81. The number of aryl methyl sites for hydroxylation is 3. The topological polar surface area (TPSA) is 77.1 Å². The fraction of sp³-hybridized carbons (Fsp3) is 0.389. The van der Waals surface area contributed by atoms with Crippen molar-refractivity contribution in [1.29, 1.82) is 0 Å². The van der Waals surface area contributed by atoms with Crippen LogP contribution in [0.5, 0.6) is 0 Å². The van der Waals surface area contributed by atoms with Gasteiger partial charge in [0.2, 0.25) is 5.91 Å². The number of carbonyl (C=O) groups excluding carboxylic acids is 1. The average molecular weight is 357 g/mol. The maximum Gasteiger partial charge on any atom is 0.262 e. The predicted molar refractivity (Wildman–Crippen MR) is 95.7 cm³/mol. The highest BCUT2D eigenvalue weighted by Crippen LogP contribution is 2.33. The van der Waals surface area contributed by atoms with Gasteiger partial charge in [0.05, 0.1) is 24.2 Å². The molecule has 3 aromatic rings. The maximum absolute atomic E-state index is 12.8. The van der Waals surface area contributed by atoms with Crippen LogP contribution in [0.2, 0.25) is 0 Å². The van der Waals surface area contributed by atoms with Gasteiger partial charge in [0.1, 0.15) is 4.83 Å². The summed E-state index contributed by atoms with van der Waals surface area (Å²) in [5, 5.41) is 3.59. The van der Waals surface area contributed by atoms with Crippen molar-refractivity contribution in [2.24, 2.45) is 0 Å². The van der Waals surface area contributed by atoms with Crippen LogP contribution in [0.3, 0.4) is 0 Å². The summed E-state index contributed by atoms with van der Waals surface area (Å²) in [5.74, 6) is -0.0967. The number of rotatable bonds is 5. The van der Waals surface area contributed by atoms with Crippen molar-refractivity contribution in [3.8, 4) is 0 Å². The molecule has 0 saturated carbocycles. The number of aromatic nitrogens is 2. The minimum Gasteiger partial charge on any atom is -0.472 e. The van der Waals surface area contributed by atoms with Crippen LogP contribution in [-0.4, -0.2) is 15.5 Å². The Kier molecular flexibility index (Phi) is 4.40. The van der Waals surface area contributed by atoms with Crippen molar-refractivity contribution in [2.75, 3.05) is 0 Å². The molecular weight excluding hydrogens is 338 g/mol. The molecule has 0 aromatic carbocycles. The molecule has 1 aliphatic carbocycles. The van der Waals surface area contributed by atoms with Crippen molar-refractivity contribution in [3.05, 3.63) is 51.3 Å². The molecule has 3 aromatic heterocycles. The van der Waals surface area contributed by atoms with E-state index in [2.05, 4.69) is 10.3 Å². The van der Waals surface area contributed by atoms with Gasteiger partial charge in [-0.3, -0.25) is 14.2 Å². The normalized spacial score (nSPS) is 13.8. The van der Waals surface area contributed by atoms with Crippen LogP contribution in [0, 0.1) is 0 Å². The van der Waals surface area contributed by atoms with Gasteiger partial charge in [-0.2, -0.15) is 0 Å². The van der Waals surface area contributed by atoms with Gasteiger partial charge >= 0.3 is 0 Å². The van der Waals surface area contributed by atoms with E-state index in [1.54, 1.807) is 34.8 Å². The molecule has 1 aliphatic rings. The first-order valence-electron chi connectivity index (χ1n) is 8.50. The largest absolute Gasteiger partial charge is 0.472 e. The van der Waals surface area contributed by atoms with E-state index in [4.69, 9.17) is 4.42 Å². The summed E-state index contributed by atoms with van der Waals surface area (Å²) in [6.45, 7) is 0.767. The van der Waals surface area contributed by atoms with Crippen molar-refractivity contribution in [1.82, 2.24) is 14.9 Å². The fourth-order valence-electron chi connectivity index (χ4n) is 3.24. The Morgan fingerprint density at radius 3 is 3.08 bits per heavy atom. The number of hydrogen-bond donors (Lipinski definition) is 1. The average Bonchev–Trinajstić information content (AvgIpc) is 3.26. The summed E-state index contributed by atoms with van der Waals surface area (Å²) < 4.78 is 6.52. The van der Waals surface area contributed by atoms with Gasteiger partial charge in [0.25, 0.3) is 5.56 Å². The summed E-state index contributed by atoms with van der Waals surface area (Å²) in [6.07, 6.45) is 9.31. The number of hydrogen-bond acceptors (Lipinski definition) is 5. The van der Waals surface area contributed by atoms with Gasteiger partial charge < -0.3 is 9.73 Å². The van der Waals surface area contributed by atoms with Crippen molar-refractivity contribution >= 4 is 27.5 Å². The number of nitrogens with zero attached hydrogens (tertiary/aromatic N) is 2. The predicted octanol–water partition coefficient (Wildman–Crippen LogP) is 2.64. The van der Waals surface area contributed by atoms with Crippen LogP contribution in [0.4, 0.5) is 0 Å². The second-order valence-electron chi connectivity index (χ2n) is 6.29. The Labute approximate surface area is 148 Å².